The fourth-order valence-electron chi connectivity index (χ4n) is 4.51. The Kier molecular flexibility index (Phi) is 3.90. The van der Waals surface area contributed by atoms with Crippen LogP contribution in [0.1, 0.15) is 62.1 Å². The molecule has 120 valence electrons. The van der Waals surface area contributed by atoms with Crippen LogP contribution in [-0.4, -0.2) is 50.5 Å². The zero-order valence-electron chi connectivity index (χ0n) is 13.2. The summed E-state index contributed by atoms with van der Waals surface area (Å²) in [5, 5.41) is 4.27. The van der Waals surface area contributed by atoms with Gasteiger partial charge in [-0.05, 0) is 50.1 Å². The minimum atomic E-state index is 0.337. The molecule has 5 nitrogen and oxygen atoms in total. The fraction of sp³-hybridized carbons (Fsp3) is 0.812. The Bertz CT molecular complexity index is 560. The molecule has 3 unspecified atom stereocenters. The predicted molar refractivity (Wildman–Crippen MR) is 85.7 cm³/mol. The molecule has 3 aliphatic heterocycles. The highest BCUT2D eigenvalue weighted by Gasteiger charge is 2.43. The number of hydrogen-bond donors (Lipinski definition) is 0. The number of nitrogens with zero attached hydrogens (tertiary/aromatic N) is 4. The molecule has 6 heteroatoms. The van der Waals surface area contributed by atoms with Crippen molar-refractivity contribution in [3.8, 4) is 0 Å². The monoisotopic (exact) mass is 320 g/mol. The lowest BCUT2D eigenvalue weighted by atomic mass is 9.99. The summed E-state index contributed by atoms with van der Waals surface area (Å²) < 4.78 is 4.12. The largest absolute Gasteiger partial charge is 0.339 e. The minimum absolute atomic E-state index is 0.337. The summed E-state index contributed by atoms with van der Waals surface area (Å²) in [4.78, 5) is 18.8. The van der Waals surface area contributed by atoms with E-state index in [0.717, 1.165) is 32.2 Å². The highest BCUT2D eigenvalue weighted by atomic mass is 32.1. The molecule has 0 aliphatic carbocycles. The standard InChI is InChI=1S/C16H24N4OS/c1-2-11-5-3-4-8-19(11)15(21)10-20-12-6-7-14(20)16-13(9-12)17-18-22-16/h11-12,14H,2-10H2,1H3. The van der Waals surface area contributed by atoms with Crippen molar-refractivity contribution < 1.29 is 4.79 Å². The third kappa shape index (κ3) is 2.36. The van der Waals surface area contributed by atoms with E-state index in [1.165, 1.54) is 41.4 Å². The smallest absolute Gasteiger partial charge is 0.237 e. The summed E-state index contributed by atoms with van der Waals surface area (Å²) in [7, 11) is 0. The van der Waals surface area contributed by atoms with E-state index in [2.05, 4.69) is 26.3 Å². The Morgan fingerprint density at radius 1 is 1.32 bits per heavy atom. The van der Waals surface area contributed by atoms with Crippen LogP contribution < -0.4 is 0 Å². The first-order valence-electron chi connectivity index (χ1n) is 8.64. The van der Waals surface area contributed by atoms with Crippen molar-refractivity contribution >= 4 is 17.4 Å². The molecule has 0 spiro atoms. The maximum absolute atomic E-state index is 12.9. The number of carbonyl (C=O) groups is 1. The van der Waals surface area contributed by atoms with E-state index in [-0.39, 0.29) is 0 Å². The van der Waals surface area contributed by atoms with Crippen LogP contribution in [0.15, 0.2) is 0 Å². The van der Waals surface area contributed by atoms with E-state index < -0.39 is 0 Å². The van der Waals surface area contributed by atoms with Crippen LogP contribution in [0.4, 0.5) is 0 Å². The Hall–Kier alpha value is -1.01. The average molecular weight is 320 g/mol. The molecule has 0 N–H and O–H groups in total. The summed E-state index contributed by atoms with van der Waals surface area (Å²) in [5.74, 6) is 0.337. The molecule has 4 rings (SSSR count). The first-order chi connectivity index (χ1) is 10.8. The second-order valence-corrected chi connectivity index (χ2v) is 7.64. The van der Waals surface area contributed by atoms with Gasteiger partial charge in [0.2, 0.25) is 5.91 Å². The number of fused-ring (bicyclic) bond motifs is 4. The molecule has 2 saturated heterocycles. The SMILES string of the molecule is CCC1CCCCN1C(=O)CN1C2CCC1c1snnc1C2. The molecular weight excluding hydrogens is 296 g/mol. The molecular formula is C16H24N4OS. The molecule has 2 fully saturated rings. The molecule has 3 aliphatic rings. The third-order valence-corrected chi connectivity index (χ3v) is 6.56. The van der Waals surface area contributed by atoms with E-state index in [0.29, 0.717) is 30.6 Å². The summed E-state index contributed by atoms with van der Waals surface area (Å²) >= 11 is 1.53. The van der Waals surface area contributed by atoms with Crippen LogP contribution >= 0.6 is 11.5 Å². The van der Waals surface area contributed by atoms with E-state index in [4.69, 9.17) is 0 Å². The van der Waals surface area contributed by atoms with Gasteiger partial charge in [-0.15, -0.1) is 5.10 Å². The predicted octanol–water partition coefficient (Wildman–Crippen LogP) is 2.39. The van der Waals surface area contributed by atoms with Crippen LogP contribution in [0.2, 0.25) is 0 Å². The van der Waals surface area contributed by atoms with E-state index in [1.807, 2.05) is 0 Å². The molecule has 0 radical (unpaired) electrons. The van der Waals surface area contributed by atoms with Crippen LogP contribution in [0.25, 0.3) is 0 Å². The highest BCUT2D eigenvalue weighted by Crippen LogP contribution is 2.44. The lowest BCUT2D eigenvalue weighted by Gasteiger charge is -2.39. The third-order valence-electron chi connectivity index (χ3n) is 5.70. The van der Waals surface area contributed by atoms with Gasteiger partial charge >= 0.3 is 0 Å². The van der Waals surface area contributed by atoms with Crippen molar-refractivity contribution in [2.75, 3.05) is 13.1 Å². The number of hydrogen-bond acceptors (Lipinski definition) is 5. The normalized spacial score (nSPS) is 31.3. The van der Waals surface area contributed by atoms with Crippen LogP contribution in [-0.2, 0) is 11.2 Å². The Balaban J connectivity index is 1.48. The van der Waals surface area contributed by atoms with Crippen LogP contribution in [0.3, 0.4) is 0 Å². The summed E-state index contributed by atoms with van der Waals surface area (Å²) in [5.41, 5.74) is 1.19. The molecule has 1 amide bonds. The van der Waals surface area contributed by atoms with E-state index in [9.17, 15) is 4.79 Å². The maximum atomic E-state index is 12.9. The number of rotatable bonds is 3. The Labute approximate surface area is 135 Å². The van der Waals surface area contributed by atoms with Crippen molar-refractivity contribution in [2.45, 2.75) is 70.0 Å². The second kappa shape index (κ2) is 5.89. The minimum Gasteiger partial charge on any atom is -0.339 e. The van der Waals surface area contributed by atoms with Crippen LogP contribution in [0, 0.1) is 0 Å². The van der Waals surface area contributed by atoms with Crippen molar-refractivity contribution in [1.29, 1.82) is 0 Å². The van der Waals surface area contributed by atoms with Crippen molar-refractivity contribution in [1.82, 2.24) is 19.4 Å². The average Bonchev–Trinajstić information content (AvgIpc) is 3.12. The van der Waals surface area contributed by atoms with Gasteiger partial charge < -0.3 is 4.90 Å². The van der Waals surface area contributed by atoms with Gasteiger partial charge in [0, 0.05) is 31.1 Å². The fourth-order valence-corrected chi connectivity index (χ4v) is 5.34. The van der Waals surface area contributed by atoms with Crippen LogP contribution in [0.5, 0.6) is 0 Å². The quantitative estimate of drug-likeness (QED) is 0.858. The lowest BCUT2D eigenvalue weighted by Crippen LogP contribution is -2.50. The first kappa shape index (κ1) is 14.6. The molecule has 1 aromatic rings. The number of carbonyl (C=O) groups excluding carboxylic acids is 1. The Morgan fingerprint density at radius 2 is 2.23 bits per heavy atom. The number of amides is 1. The van der Waals surface area contributed by atoms with Gasteiger partial charge in [-0.1, -0.05) is 11.4 Å². The lowest BCUT2D eigenvalue weighted by molar-refractivity contribution is -0.137. The molecule has 22 heavy (non-hydrogen) atoms. The van der Waals surface area contributed by atoms with Gasteiger partial charge in [0.05, 0.1) is 17.1 Å². The molecule has 1 aromatic heterocycles. The number of aromatic nitrogens is 2. The maximum Gasteiger partial charge on any atom is 0.237 e. The zero-order chi connectivity index (χ0) is 15.1. The molecule has 2 bridgehead atoms. The van der Waals surface area contributed by atoms with Crippen molar-refractivity contribution in [3.05, 3.63) is 10.6 Å². The number of piperidine rings is 1. The summed E-state index contributed by atoms with van der Waals surface area (Å²) in [6.45, 7) is 3.74. The highest BCUT2D eigenvalue weighted by molar-refractivity contribution is 7.05. The van der Waals surface area contributed by atoms with Gasteiger partial charge in [-0.3, -0.25) is 9.69 Å². The molecule has 0 aromatic carbocycles. The van der Waals surface area contributed by atoms with E-state index in [1.54, 1.807) is 0 Å². The zero-order valence-corrected chi connectivity index (χ0v) is 14.0. The molecule has 4 heterocycles. The van der Waals surface area contributed by atoms with Gasteiger partial charge in [-0.2, -0.15) is 0 Å². The summed E-state index contributed by atoms with van der Waals surface area (Å²) in [6.07, 6.45) is 8.03. The first-order valence-corrected chi connectivity index (χ1v) is 9.41. The topological polar surface area (TPSA) is 49.3 Å². The van der Waals surface area contributed by atoms with Gasteiger partial charge in [0.1, 0.15) is 0 Å². The van der Waals surface area contributed by atoms with Crippen molar-refractivity contribution in [2.24, 2.45) is 0 Å². The van der Waals surface area contributed by atoms with Gasteiger partial charge in [0.25, 0.3) is 0 Å². The molecule has 3 atom stereocenters. The van der Waals surface area contributed by atoms with Crippen molar-refractivity contribution in [3.63, 3.8) is 0 Å². The Morgan fingerprint density at radius 3 is 3.09 bits per heavy atom. The second-order valence-electron chi connectivity index (χ2n) is 6.85. The number of likely N-dealkylation sites (tertiary alicyclic amines) is 1. The van der Waals surface area contributed by atoms with Gasteiger partial charge in [-0.25, -0.2) is 0 Å². The van der Waals surface area contributed by atoms with Gasteiger partial charge in [0.15, 0.2) is 0 Å². The summed E-state index contributed by atoms with van der Waals surface area (Å²) in [6, 6.07) is 1.35. The molecule has 0 saturated carbocycles. The van der Waals surface area contributed by atoms with E-state index >= 15 is 0 Å².